The number of aliphatic hydroxyl groups excluding tert-OH is 1. The molecular formula is C35H34N2O5. The number of carbonyl (C=O) groups is 2. The van der Waals surface area contributed by atoms with Crippen molar-refractivity contribution < 1.29 is 24.2 Å². The van der Waals surface area contributed by atoms with Gasteiger partial charge in [-0.25, -0.2) is 0 Å². The number of hydrogen-bond acceptors (Lipinski definition) is 6. The van der Waals surface area contributed by atoms with Gasteiger partial charge in [0.2, 0.25) is 0 Å². The van der Waals surface area contributed by atoms with Crippen molar-refractivity contribution in [2.45, 2.75) is 45.8 Å². The Bertz CT molecular complexity index is 1610. The van der Waals surface area contributed by atoms with E-state index in [0.29, 0.717) is 41.7 Å². The van der Waals surface area contributed by atoms with Gasteiger partial charge in [0.15, 0.2) is 0 Å². The number of rotatable bonds is 8. The monoisotopic (exact) mass is 562 g/mol. The molecule has 214 valence electrons. The van der Waals surface area contributed by atoms with Crippen LogP contribution in [-0.4, -0.2) is 28.4 Å². The van der Waals surface area contributed by atoms with E-state index >= 15 is 0 Å². The molecule has 1 unspecified atom stereocenters. The Morgan fingerprint density at radius 2 is 1.62 bits per heavy atom. The Kier molecular flexibility index (Phi) is 8.11. The number of aliphatic hydroxyl groups is 1. The predicted molar refractivity (Wildman–Crippen MR) is 163 cm³/mol. The number of benzene rings is 3. The third-order valence-corrected chi connectivity index (χ3v) is 7.14. The highest BCUT2D eigenvalue weighted by atomic mass is 16.5. The molecule has 0 bridgehead atoms. The SMILES string of the molecule is CCOc1ccc(/C(O)=C2/C(=O)C(=O)N(c3ccc(OCc4ccccc4)cc3)C2c2ccccn2)cc1C(C)(C)C. The van der Waals surface area contributed by atoms with Gasteiger partial charge in [0.25, 0.3) is 11.7 Å². The van der Waals surface area contributed by atoms with Crippen LogP contribution in [0.1, 0.15) is 56.1 Å². The molecule has 1 N–H and O–H groups in total. The van der Waals surface area contributed by atoms with Gasteiger partial charge in [0, 0.05) is 23.0 Å². The topological polar surface area (TPSA) is 89.0 Å². The lowest BCUT2D eigenvalue weighted by Gasteiger charge is -2.25. The number of aromatic nitrogens is 1. The first-order valence-corrected chi connectivity index (χ1v) is 14.0. The Hall–Kier alpha value is -4.91. The number of pyridine rings is 1. The van der Waals surface area contributed by atoms with Crippen molar-refractivity contribution in [1.29, 1.82) is 0 Å². The highest BCUT2D eigenvalue weighted by molar-refractivity contribution is 6.51. The van der Waals surface area contributed by atoms with Gasteiger partial charge in [0.1, 0.15) is 29.9 Å². The van der Waals surface area contributed by atoms with E-state index in [1.807, 2.05) is 43.3 Å². The molecule has 0 aliphatic carbocycles. The first-order chi connectivity index (χ1) is 20.2. The molecule has 2 heterocycles. The van der Waals surface area contributed by atoms with Crippen molar-refractivity contribution in [3.05, 3.63) is 125 Å². The summed E-state index contributed by atoms with van der Waals surface area (Å²) in [5, 5.41) is 11.6. The van der Waals surface area contributed by atoms with Crippen LogP contribution in [0.5, 0.6) is 11.5 Å². The van der Waals surface area contributed by atoms with E-state index in [4.69, 9.17) is 9.47 Å². The van der Waals surface area contributed by atoms with Gasteiger partial charge < -0.3 is 14.6 Å². The van der Waals surface area contributed by atoms with Crippen LogP contribution in [0.15, 0.2) is 103 Å². The van der Waals surface area contributed by atoms with Gasteiger partial charge in [-0.1, -0.05) is 57.2 Å². The largest absolute Gasteiger partial charge is 0.507 e. The van der Waals surface area contributed by atoms with Crippen LogP contribution in [-0.2, 0) is 21.6 Å². The van der Waals surface area contributed by atoms with E-state index in [-0.39, 0.29) is 16.7 Å². The van der Waals surface area contributed by atoms with Gasteiger partial charge in [-0.3, -0.25) is 19.5 Å². The summed E-state index contributed by atoms with van der Waals surface area (Å²) < 4.78 is 11.7. The average molecular weight is 563 g/mol. The second-order valence-electron chi connectivity index (χ2n) is 11.1. The van der Waals surface area contributed by atoms with Gasteiger partial charge in [0.05, 0.1) is 17.9 Å². The molecule has 1 atom stereocenters. The van der Waals surface area contributed by atoms with Crippen molar-refractivity contribution in [2.75, 3.05) is 11.5 Å². The third-order valence-electron chi connectivity index (χ3n) is 7.14. The maximum Gasteiger partial charge on any atom is 0.300 e. The minimum absolute atomic E-state index is 0.0212. The molecule has 5 rings (SSSR count). The smallest absolute Gasteiger partial charge is 0.300 e. The summed E-state index contributed by atoms with van der Waals surface area (Å²) in [5.74, 6) is -0.454. The number of ketones is 1. The van der Waals surface area contributed by atoms with Crippen LogP contribution in [0.2, 0.25) is 0 Å². The Morgan fingerprint density at radius 3 is 2.26 bits per heavy atom. The van der Waals surface area contributed by atoms with Crippen LogP contribution in [0.3, 0.4) is 0 Å². The van der Waals surface area contributed by atoms with Crippen LogP contribution < -0.4 is 14.4 Å². The predicted octanol–water partition coefficient (Wildman–Crippen LogP) is 6.98. The lowest BCUT2D eigenvalue weighted by atomic mass is 9.84. The summed E-state index contributed by atoms with van der Waals surface area (Å²) in [6.45, 7) is 8.96. The van der Waals surface area contributed by atoms with Crippen molar-refractivity contribution in [3.8, 4) is 11.5 Å². The zero-order chi connectivity index (χ0) is 29.9. The summed E-state index contributed by atoms with van der Waals surface area (Å²) in [7, 11) is 0. The van der Waals surface area contributed by atoms with Crippen molar-refractivity contribution in [1.82, 2.24) is 4.98 Å². The van der Waals surface area contributed by atoms with Crippen LogP contribution in [0.25, 0.3) is 5.76 Å². The van der Waals surface area contributed by atoms with Gasteiger partial charge in [-0.2, -0.15) is 0 Å². The number of carbonyl (C=O) groups excluding carboxylic acids is 2. The fourth-order valence-electron chi connectivity index (χ4n) is 5.06. The van der Waals surface area contributed by atoms with Gasteiger partial charge >= 0.3 is 0 Å². The second-order valence-corrected chi connectivity index (χ2v) is 11.1. The minimum atomic E-state index is -0.924. The van der Waals surface area contributed by atoms with E-state index < -0.39 is 17.7 Å². The number of nitrogens with zero attached hydrogens (tertiary/aromatic N) is 2. The van der Waals surface area contributed by atoms with E-state index in [9.17, 15) is 14.7 Å². The average Bonchev–Trinajstić information content (AvgIpc) is 3.26. The summed E-state index contributed by atoms with van der Waals surface area (Å²) >= 11 is 0. The minimum Gasteiger partial charge on any atom is -0.507 e. The number of hydrogen-bond donors (Lipinski definition) is 1. The van der Waals surface area contributed by atoms with E-state index in [0.717, 1.165) is 11.1 Å². The molecule has 4 aromatic rings. The summed E-state index contributed by atoms with van der Waals surface area (Å²) in [5.41, 5.74) is 2.97. The zero-order valence-corrected chi connectivity index (χ0v) is 24.2. The van der Waals surface area contributed by atoms with E-state index in [1.165, 1.54) is 4.90 Å². The lowest BCUT2D eigenvalue weighted by molar-refractivity contribution is -0.132. The normalized spacial score (nSPS) is 16.5. The van der Waals surface area contributed by atoms with Crippen molar-refractivity contribution in [2.24, 2.45) is 0 Å². The second kappa shape index (κ2) is 11.9. The van der Waals surface area contributed by atoms with Gasteiger partial charge in [-0.05, 0) is 72.5 Å². The Balaban J connectivity index is 1.55. The standard InChI is InChI=1S/C35H34N2O5/c1-5-41-29-19-14-24(21-27(29)35(2,3)4)32(38)30-31(28-13-9-10-20-36-28)37(34(40)33(30)39)25-15-17-26(18-16-25)42-22-23-11-7-6-8-12-23/h6-21,31,38H,5,22H2,1-4H3/b32-30-. The fraction of sp³-hybridized carbons (Fsp3) is 0.229. The fourth-order valence-corrected chi connectivity index (χ4v) is 5.06. The van der Waals surface area contributed by atoms with Crippen molar-refractivity contribution in [3.63, 3.8) is 0 Å². The molecule has 7 nitrogen and oxygen atoms in total. The third kappa shape index (κ3) is 5.77. The summed E-state index contributed by atoms with van der Waals surface area (Å²) in [6.07, 6.45) is 1.60. The Labute approximate surface area is 246 Å². The molecule has 1 fully saturated rings. The number of anilines is 1. The van der Waals surface area contributed by atoms with E-state index in [1.54, 1.807) is 60.8 Å². The maximum atomic E-state index is 13.6. The number of amides is 1. The van der Waals surface area contributed by atoms with Crippen LogP contribution in [0, 0.1) is 0 Å². The van der Waals surface area contributed by atoms with Crippen LogP contribution in [0.4, 0.5) is 5.69 Å². The maximum absolute atomic E-state index is 13.6. The molecule has 1 amide bonds. The molecule has 0 saturated carbocycles. The first-order valence-electron chi connectivity index (χ1n) is 14.0. The number of Topliss-reactive ketones (excluding diaryl/α,β-unsaturated/α-hetero) is 1. The zero-order valence-electron chi connectivity index (χ0n) is 24.2. The highest BCUT2D eigenvalue weighted by Crippen LogP contribution is 2.43. The highest BCUT2D eigenvalue weighted by Gasteiger charge is 2.47. The molecule has 1 saturated heterocycles. The van der Waals surface area contributed by atoms with Gasteiger partial charge in [-0.15, -0.1) is 0 Å². The summed E-state index contributed by atoms with van der Waals surface area (Å²) in [4.78, 5) is 33.0. The first kappa shape index (κ1) is 28.6. The van der Waals surface area contributed by atoms with E-state index in [2.05, 4.69) is 25.8 Å². The molecule has 1 aliphatic heterocycles. The molecule has 1 aliphatic rings. The molecule has 0 spiro atoms. The van der Waals surface area contributed by atoms with Crippen molar-refractivity contribution >= 4 is 23.1 Å². The number of ether oxygens (including phenoxy) is 2. The lowest BCUT2D eigenvalue weighted by Crippen LogP contribution is -2.29. The quantitative estimate of drug-likeness (QED) is 0.142. The Morgan fingerprint density at radius 1 is 0.905 bits per heavy atom. The van der Waals surface area contributed by atoms with Crippen LogP contribution >= 0.6 is 0 Å². The molecular weight excluding hydrogens is 528 g/mol. The molecule has 1 aromatic heterocycles. The molecule has 3 aromatic carbocycles. The molecule has 42 heavy (non-hydrogen) atoms. The molecule has 0 radical (unpaired) electrons. The summed E-state index contributed by atoms with van der Waals surface area (Å²) in [6, 6.07) is 26.5. The molecule has 7 heteroatoms.